The summed E-state index contributed by atoms with van der Waals surface area (Å²) >= 11 is 0. The van der Waals surface area contributed by atoms with Crippen LogP contribution < -0.4 is 5.32 Å². The molecule has 1 saturated heterocycles. The van der Waals surface area contributed by atoms with Crippen LogP contribution in [0.25, 0.3) is 0 Å². The van der Waals surface area contributed by atoms with Crippen LogP contribution in [0, 0.1) is 5.92 Å². The van der Waals surface area contributed by atoms with Crippen LogP contribution >= 0.6 is 0 Å². The van der Waals surface area contributed by atoms with Gasteiger partial charge in [-0.05, 0) is 57.8 Å². The summed E-state index contributed by atoms with van der Waals surface area (Å²) in [6.07, 6.45) is 8.62. The van der Waals surface area contributed by atoms with Crippen molar-refractivity contribution in [3.05, 3.63) is 0 Å². The molecule has 1 heterocycles. The third-order valence-corrected chi connectivity index (χ3v) is 4.20. The van der Waals surface area contributed by atoms with Gasteiger partial charge in [-0.3, -0.25) is 0 Å². The Morgan fingerprint density at radius 3 is 2.33 bits per heavy atom. The van der Waals surface area contributed by atoms with Gasteiger partial charge in [-0.15, -0.1) is 0 Å². The van der Waals surface area contributed by atoms with Gasteiger partial charge in [-0.2, -0.15) is 0 Å². The summed E-state index contributed by atoms with van der Waals surface area (Å²) in [5.74, 6) is 0.995. The molecule has 88 valence electrons. The molecule has 1 saturated carbocycles. The minimum absolute atomic E-state index is 0.813. The van der Waals surface area contributed by atoms with Crippen molar-refractivity contribution < 1.29 is 0 Å². The van der Waals surface area contributed by atoms with Crippen LogP contribution in [0.5, 0.6) is 0 Å². The maximum Gasteiger partial charge on any atom is 0.00915 e. The Labute approximate surface area is 94.4 Å². The molecule has 2 fully saturated rings. The normalized spacial score (nSPS) is 26.2. The number of nitrogens with zero attached hydrogens (tertiary/aromatic N) is 1. The predicted octanol–water partition coefficient (Wildman–Crippen LogP) is 2.25. The Hall–Kier alpha value is -0.0800. The van der Waals surface area contributed by atoms with Gasteiger partial charge in [0.05, 0.1) is 0 Å². The monoisotopic (exact) mass is 210 g/mol. The SMILES string of the molecule is CCN1CCC(NCC2CCCC2)CC1. The second-order valence-corrected chi connectivity index (χ2v) is 5.27. The molecule has 2 nitrogen and oxygen atoms in total. The summed E-state index contributed by atoms with van der Waals surface area (Å²) in [7, 11) is 0. The zero-order valence-electron chi connectivity index (χ0n) is 10.2. The first-order valence-electron chi connectivity index (χ1n) is 6.84. The quantitative estimate of drug-likeness (QED) is 0.765. The van der Waals surface area contributed by atoms with E-state index in [2.05, 4.69) is 17.1 Å². The zero-order valence-corrected chi connectivity index (χ0v) is 10.2. The summed E-state index contributed by atoms with van der Waals surface area (Å²) in [6.45, 7) is 7.40. The van der Waals surface area contributed by atoms with Crippen molar-refractivity contribution in [2.24, 2.45) is 5.92 Å². The molecule has 2 aliphatic rings. The van der Waals surface area contributed by atoms with E-state index in [4.69, 9.17) is 0 Å². The molecule has 0 unspecified atom stereocenters. The van der Waals surface area contributed by atoms with E-state index >= 15 is 0 Å². The predicted molar refractivity (Wildman–Crippen MR) is 65.1 cm³/mol. The molecule has 0 aromatic carbocycles. The lowest BCUT2D eigenvalue weighted by Crippen LogP contribution is -2.43. The van der Waals surface area contributed by atoms with Crippen molar-refractivity contribution in [1.82, 2.24) is 10.2 Å². The molecule has 1 aliphatic carbocycles. The summed E-state index contributed by atoms with van der Waals surface area (Å²) in [5.41, 5.74) is 0. The van der Waals surface area contributed by atoms with Crippen LogP contribution in [0.4, 0.5) is 0 Å². The number of nitrogens with one attached hydrogen (secondary N) is 1. The highest BCUT2D eigenvalue weighted by atomic mass is 15.1. The molecule has 0 amide bonds. The average Bonchev–Trinajstić information content (AvgIpc) is 2.80. The molecule has 0 aromatic rings. The van der Waals surface area contributed by atoms with Gasteiger partial charge in [0.25, 0.3) is 0 Å². The highest BCUT2D eigenvalue weighted by Gasteiger charge is 2.20. The summed E-state index contributed by atoms with van der Waals surface area (Å²) in [5, 5.41) is 3.78. The number of hydrogen-bond acceptors (Lipinski definition) is 2. The summed E-state index contributed by atoms with van der Waals surface area (Å²) in [6, 6.07) is 0.813. The standard InChI is InChI=1S/C13H26N2/c1-2-15-9-7-13(8-10-15)14-11-12-5-3-4-6-12/h12-14H,2-11H2,1H3. The molecule has 1 aliphatic heterocycles. The van der Waals surface area contributed by atoms with Gasteiger partial charge in [-0.25, -0.2) is 0 Å². The van der Waals surface area contributed by atoms with Crippen LogP contribution in [-0.4, -0.2) is 37.1 Å². The van der Waals surface area contributed by atoms with Gasteiger partial charge in [0, 0.05) is 6.04 Å². The van der Waals surface area contributed by atoms with Crippen molar-refractivity contribution in [3.63, 3.8) is 0 Å². The lowest BCUT2D eigenvalue weighted by Gasteiger charge is -2.32. The Balaban J connectivity index is 1.59. The Morgan fingerprint density at radius 2 is 1.73 bits per heavy atom. The maximum absolute atomic E-state index is 3.78. The largest absolute Gasteiger partial charge is 0.314 e. The molecular weight excluding hydrogens is 184 g/mol. The Morgan fingerprint density at radius 1 is 1.07 bits per heavy atom. The first kappa shape index (κ1) is 11.4. The van der Waals surface area contributed by atoms with Crippen molar-refractivity contribution in [2.45, 2.75) is 51.5 Å². The molecule has 0 atom stereocenters. The fourth-order valence-corrected chi connectivity index (χ4v) is 3.00. The molecule has 1 N–H and O–H groups in total. The van der Waals surface area contributed by atoms with E-state index in [0.717, 1.165) is 12.0 Å². The molecule has 0 spiro atoms. The number of likely N-dealkylation sites (tertiary alicyclic amines) is 1. The smallest absolute Gasteiger partial charge is 0.00915 e. The van der Waals surface area contributed by atoms with Crippen LogP contribution in [-0.2, 0) is 0 Å². The van der Waals surface area contributed by atoms with Crippen LogP contribution in [0.3, 0.4) is 0 Å². The number of piperidine rings is 1. The van der Waals surface area contributed by atoms with E-state index in [0.29, 0.717) is 0 Å². The number of rotatable bonds is 4. The minimum atomic E-state index is 0.813. The summed E-state index contributed by atoms with van der Waals surface area (Å²) in [4.78, 5) is 2.56. The third-order valence-electron chi connectivity index (χ3n) is 4.20. The summed E-state index contributed by atoms with van der Waals surface area (Å²) < 4.78 is 0. The molecule has 2 heteroatoms. The lowest BCUT2D eigenvalue weighted by molar-refractivity contribution is 0.203. The zero-order chi connectivity index (χ0) is 10.5. The Bertz CT molecular complexity index is 167. The topological polar surface area (TPSA) is 15.3 Å². The molecule has 0 radical (unpaired) electrons. The van der Waals surface area contributed by atoms with E-state index in [1.807, 2.05) is 0 Å². The van der Waals surface area contributed by atoms with Crippen LogP contribution in [0.2, 0.25) is 0 Å². The number of hydrogen-bond donors (Lipinski definition) is 1. The van der Waals surface area contributed by atoms with Crippen LogP contribution in [0.15, 0.2) is 0 Å². The molecule has 0 aromatic heterocycles. The van der Waals surface area contributed by atoms with Crippen LogP contribution in [0.1, 0.15) is 45.4 Å². The highest BCUT2D eigenvalue weighted by molar-refractivity contribution is 4.78. The van der Waals surface area contributed by atoms with Gasteiger partial charge in [0.15, 0.2) is 0 Å². The van der Waals surface area contributed by atoms with Crippen molar-refractivity contribution in [2.75, 3.05) is 26.2 Å². The molecule has 15 heavy (non-hydrogen) atoms. The van der Waals surface area contributed by atoms with Gasteiger partial charge in [0.1, 0.15) is 0 Å². The molecule has 0 bridgehead atoms. The minimum Gasteiger partial charge on any atom is -0.314 e. The first-order chi connectivity index (χ1) is 7.38. The molecule has 2 rings (SSSR count). The van der Waals surface area contributed by atoms with Gasteiger partial charge >= 0.3 is 0 Å². The fraction of sp³-hybridized carbons (Fsp3) is 1.00. The van der Waals surface area contributed by atoms with E-state index in [1.165, 1.54) is 64.7 Å². The second-order valence-electron chi connectivity index (χ2n) is 5.27. The van der Waals surface area contributed by atoms with E-state index in [9.17, 15) is 0 Å². The third kappa shape index (κ3) is 3.46. The lowest BCUT2D eigenvalue weighted by atomic mass is 10.0. The molecular formula is C13H26N2. The van der Waals surface area contributed by atoms with E-state index < -0.39 is 0 Å². The van der Waals surface area contributed by atoms with E-state index in [-0.39, 0.29) is 0 Å². The fourth-order valence-electron chi connectivity index (χ4n) is 3.00. The first-order valence-corrected chi connectivity index (χ1v) is 6.84. The average molecular weight is 210 g/mol. The van der Waals surface area contributed by atoms with Gasteiger partial charge < -0.3 is 10.2 Å². The van der Waals surface area contributed by atoms with Crippen molar-refractivity contribution >= 4 is 0 Å². The second kappa shape index (κ2) is 5.86. The van der Waals surface area contributed by atoms with Gasteiger partial charge in [0.2, 0.25) is 0 Å². The Kier molecular flexibility index (Phi) is 4.45. The maximum atomic E-state index is 3.78. The highest BCUT2D eigenvalue weighted by Crippen LogP contribution is 2.24. The van der Waals surface area contributed by atoms with Gasteiger partial charge in [-0.1, -0.05) is 19.8 Å². The van der Waals surface area contributed by atoms with Crippen molar-refractivity contribution in [3.8, 4) is 0 Å². The van der Waals surface area contributed by atoms with E-state index in [1.54, 1.807) is 0 Å². The van der Waals surface area contributed by atoms with Crippen molar-refractivity contribution in [1.29, 1.82) is 0 Å².